The van der Waals surface area contributed by atoms with Crippen LogP contribution in [0.5, 0.6) is 0 Å². The summed E-state index contributed by atoms with van der Waals surface area (Å²) in [4.78, 5) is 2.46. The molecule has 1 heterocycles. The summed E-state index contributed by atoms with van der Waals surface area (Å²) in [6.07, 6.45) is 7.91. The molecule has 216 valence electrons. The van der Waals surface area contributed by atoms with E-state index in [4.69, 9.17) is 4.42 Å². The Bertz CT molecular complexity index is 2170. The van der Waals surface area contributed by atoms with Crippen LogP contribution in [0.3, 0.4) is 0 Å². The van der Waals surface area contributed by atoms with Crippen molar-refractivity contribution in [3.8, 4) is 22.3 Å². The number of benzene rings is 6. The van der Waals surface area contributed by atoms with Crippen molar-refractivity contribution in [3.63, 3.8) is 0 Å². The maximum atomic E-state index is 6.07. The first kappa shape index (κ1) is 27.0. The van der Waals surface area contributed by atoms with E-state index < -0.39 is 0 Å². The lowest BCUT2D eigenvalue weighted by Gasteiger charge is -2.33. The van der Waals surface area contributed by atoms with Crippen LogP contribution in [0.4, 0.5) is 11.4 Å². The van der Waals surface area contributed by atoms with Gasteiger partial charge in [0.15, 0.2) is 0 Å². The standard InChI is InChI=1S/C43H33NO/c1-30-11-22-37(23-12-30)44(38-24-17-34(18-25-38)33-15-13-32(14-16-33)31-7-3-2-4-8-31)39-26-19-35(20-27-39)36-21-28-43-41(29-36)40-9-5-6-10-42(40)45-43/h2-26,28-29,39H,27H2,1H3. The third-order valence-electron chi connectivity index (χ3n) is 8.90. The smallest absolute Gasteiger partial charge is 0.135 e. The van der Waals surface area contributed by atoms with E-state index in [0.717, 1.165) is 28.4 Å². The SMILES string of the molecule is Cc1ccc(N(c2ccc(-c3ccc(-c4ccccc4)cc3)cc2)C2C=CC(c3ccc4oc5ccccc5c4c3)=CC2)cc1. The summed E-state index contributed by atoms with van der Waals surface area (Å²) in [7, 11) is 0. The zero-order valence-electron chi connectivity index (χ0n) is 25.2. The van der Waals surface area contributed by atoms with E-state index in [2.05, 4.69) is 164 Å². The average molecular weight is 580 g/mol. The van der Waals surface area contributed by atoms with Crippen molar-refractivity contribution in [1.82, 2.24) is 0 Å². The monoisotopic (exact) mass is 579 g/mol. The van der Waals surface area contributed by atoms with Crippen LogP contribution >= 0.6 is 0 Å². The van der Waals surface area contributed by atoms with Gasteiger partial charge in [0.05, 0.1) is 6.04 Å². The fourth-order valence-electron chi connectivity index (χ4n) is 6.46. The molecule has 0 bridgehead atoms. The molecule has 1 atom stereocenters. The minimum atomic E-state index is 0.200. The summed E-state index contributed by atoms with van der Waals surface area (Å²) in [5.74, 6) is 0. The number of para-hydroxylation sites is 1. The summed E-state index contributed by atoms with van der Waals surface area (Å²) in [6, 6.07) is 52.2. The van der Waals surface area contributed by atoms with Gasteiger partial charge in [0, 0.05) is 22.1 Å². The van der Waals surface area contributed by atoms with E-state index in [-0.39, 0.29) is 6.04 Å². The largest absolute Gasteiger partial charge is 0.456 e. The first-order valence-corrected chi connectivity index (χ1v) is 15.6. The van der Waals surface area contributed by atoms with Gasteiger partial charge in [0.1, 0.15) is 11.2 Å². The highest BCUT2D eigenvalue weighted by atomic mass is 16.3. The Hall–Kier alpha value is -5.60. The molecule has 0 fully saturated rings. The zero-order chi connectivity index (χ0) is 30.2. The van der Waals surface area contributed by atoms with E-state index in [1.807, 2.05) is 12.1 Å². The van der Waals surface area contributed by atoms with Gasteiger partial charge in [-0.2, -0.15) is 0 Å². The van der Waals surface area contributed by atoms with E-state index >= 15 is 0 Å². The number of hydrogen-bond acceptors (Lipinski definition) is 2. The summed E-state index contributed by atoms with van der Waals surface area (Å²) < 4.78 is 6.07. The number of furan rings is 1. The molecule has 0 amide bonds. The van der Waals surface area contributed by atoms with Crippen molar-refractivity contribution in [3.05, 3.63) is 175 Å². The molecule has 2 nitrogen and oxygen atoms in total. The molecule has 2 heteroatoms. The quantitative estimate of drug-likeness (QED) is 0.195. The number of aryl methyl sites for hydroxylation is 1. The second kappa shape index (κ2) is 11.5. The molecule has 0 N–H and O–H groups in total. The first-order valence-electron chi connectivity index (χ1n) is 15.6. The molecule has 0 spiro atoms. The molecule has 0 saturated carbocycles. The molecule has 0 saturated heterocycles. The lowest BCUT2D eigenvalue weighted by atomic mass is 9.94. The Balaban J connectivity index is 1.07. The van der Waals surface area contributed by atoms with Gasteiger partial charge < -0.3 is 9.32 Å². The fraction of sp³-hybridized carbons (Fsp3) is 0.0698. The molecule has 0 aliphatic heterocycles. The number of hydrogen-bond donors (Lipinski definition) is 0. The third-order valence-corrected chi connectivity index (χ3v) is 8.90. The number of allylic oxidation sites excluding steroid dienone is 2. The van der Waals surface area contributed by atoms with Gasteiger partial charge in [0.25, 0.3) is 0 Å². The molecule has 1 aromatic heterocycles. The van der Waals surface area contributed by atoms with Crippen LogP contribution in [0, 0.1) is 6.92 Å². The predicted octanol–water partition coefficient (Wildman–Crippen LogP) is 11.8. The number of nitrogens with zero attached hydrogens (tertiary/aromatic N) is 1. The van der Waals surface area contributed by atoms with Gasteiger partial charge in [-0.15, -0.1) is 0 Å². The highest BCUT2D eigenvalue weighted by molar-refractivity contribution is 6.06. The van der Waals surface area contributed by atoms with E-state index in [0.29, 0.717) is 0 Å². The van der Waals surface area contributed by atoms with Crippen molar-refractivity contribution in [1.29, 1.82) is 0 Å². The van der Waals surface area contributed by atoms with Crippen LogP contribution in [-0.2, 0) is 0 Å². The lowest BCUT2D eigenvalue weighted by molar-refractivity contribution is 0.669. The van der Waals surface area contributed by atoms with Crippen LogP contribution in [-0.4, -0.2) is 6.04 Å². The van der Waals surface area contributed by atoms with E-state index in [1.54, 1.807) is 0 Å². The van der Waals surface area contributed by atoms with Gasteiger partial charge in [-0.25, -0.2) is 0 Å². The topological polar surface area (TPSA) is 16.4 Å². The summed E-state index contributed by atoms with van der Waals surface area (Å²) in [5, 5.41) is 2.32. The van der Waals surface area contributed by atoms with E-state index in [1.165, 1.54) is 50.3 Å². The predicted molar refractivity (Wildman–Crippen MR) is 190 cm³/mol. The molecule has 8 rings (SSSR count). The second-order valence-corrected chi connectivity index (χ2v) is 11.8. The molecular weight excluding hydrogens is 546 g/mol. The molecule has 0 radical (unpaired) electrons. The van der Waals surface area contributed by atoms with Crippen LogP contribution in [0.15, 0.2) is 168 Å². The maximum absolute atomic E-state index is 6.07. The van der Waals surface area contributed by atoms with Crippen molar-refractivity contribution < 1.29 is 4.42 Å². The summed E-state index contributed by atoms with van der Waals surface area (Å²) in [5.41, 5.74) is 12.9. The molecule has 45 heavy (non-hydrogen) atoms. The van der Waals surface area contributed by atoms with Crippen molar-refractivity contribution >= 4 is 38.9 Å². The Kier molecular flexibility index (Phi) is 6.88. The van der Waals surface area contributed by atoms with Gasteiger partial charge >= 0.3 is 0 Å². The minimum Gasteiger partial charge on any atom is -0.456 e. The van der Waals surface area contributed by atoms with Crippen LogP contribution in [0.25, 0.3) is 49.8 Å². The Morgan fingerprint density at radius 3 is 1.76 bits per heavy atom. The van der Waals surface area contributed by atoms with Gasteiger partial charge in [0.2, 0.25) is 0 Å². The third kappa shape index (κ3) is 5.25. The molecule has 1 aliphatic carbocycles. The van der Waals surface area contributed by atoms with Gasteiger partial charge in [-0.05, 0) is 89.2 Å². The minimum absolute atomic E-state index is 0.200. The van der Waals surface area contributed by atoms with Crippen LogP contribution in [0.1, 0.15) is 17.5 Å². The van der Waals surface area contributed by atoms with Crippen molar-refractivity contribution in [2.24, 2.45) is 0 Å². The molecule has 7 aromatic rings. The van der Waals surface area contributed by atoms with Gasteiger partial charge in [-0.3, -0.25) is 0 Å². The molecule has 6 aromatic carbocycles. The summed E-state index contributed by atoms with van der Waals surface area (Å²) >= 11 is 0. The molecule has 1 unspecified atom stereocenters. The highest BCUT2D eigenvalue weighted by Gasteiger charge is 2.21. The number of rotatable bonds is 6. The van der Waals surface area contributed by atoms with Crippen LogP contribution < -0.4 is 4.90 Å². The molecular formula is C43H33NO. The average Bonchev–Trinajstić information content (AvgIpc) is 3.48. The highest BCUT2D eigenvalue weighted by Crippen LogP contribution is 2.36. The van der Waals surface area contributed by atoms with Crippen molar-refractivity contribution in [2.45, 2.75) is 19.4 Å². The normalized spacial score (nSPS) is 14.5. The maximum Gasteiger partial charge on any atom is 0.135 e. The number of fused-ring (bicyclic) bond motifs is 3. The Morgan fingerprint density at radius 1 is 0.533 bits per heavy atom. The first-order chi connectivity index (χ1) is 22.2. The Morgan fingerprint density at radius 2 is 1.09 bits per heavy atom. The summed E-state index contributed by atoms with van der Waals surface area (Å²) in [6.45, 7) is 2.14. The lowest BCUT2D eigenvalue weighted by Crippen LogP contribution is -2.30. The van der Waals surface area contributed by atoms with Crippen LogP contribution in [0.2, 0.25) is 0 Å². The zero-order valence-corrected chi connectivity index (χ0v) is 25.2. The fourth-order valence-corrected chi connectivity index (χ4v) is 6.46. The van der Waals surface area contributed by atoms with E-state index in [9.17, 15) is 0 Å². The number of anilines is 2. The second-order valence-electron chi connectivity index (χ2n) is 11.8. The van der Waals surface area contributed by atoms with Gasteiger partial charge in [-0.1, -0.05) is 127 Å². The Labute approximate surface area is 264 Å². The molecule has 1 aliphatic rings. The van der Waals surface area contributed by atoms with Crippen molar-refractivity contribution in [2.75, 3.05) is 4.90 Å².